The van der Waals surface area contributed by atoms with Gasteiger partial charge in [-0.05, 0) is 18.2 Å². The average Bonchev–Trinajstić information content (AvgIpc) is 3.14. The van der Waals surface area contributed by atoms with Crippen molar-refractivity contribution in [1.29, 1.82) is 0 Å². The Morgan fingerprint density at radius 3 is 2.65 bits per heavy atom. The minimum atomic E-state index is -3.65. The maximum absolute atomic E-state index is 12.8. The predicted molar refractivity (Wildman–Crippen MR) is 100 cm³/mol. The number of carbonyl (C=O) groups excluding carboxylic acids is 1. The summed E-state index contributed by atoms with van der Waals surface area (Å²) in [6.07, 6.45) is 1.59. The molecule has 1 N–H and O–H groups in total. The molecule has 1 aliphatic rings. The number of anilines is 2. The molecule has 0 atom stereocenters. The maximum Gasteiger partial charge on any atom is 0.259 e. The summed E-state index contributed by atoms with van der Waals surface area (Å²) in [6, 6.07) is 4.63. The van der Waals surface area contributed by atoms with E-state index in [0.29, 0.717) is 42.7 Å². The summed E-state index contributed by atoms with van der Waals surface area (Å²) in [7, 11) is -0.728. The van der Waals surface area contributed by atoms with Gasteiger partial charge in [-0.1, -0.05) is 0 Å². The smallest absolute Gasteiger partial charge is 0.259 e. The first-order chi connectivity index (χ1) is 12.4. The lowest BCUT2D eigenvalue weighted by Gasteiger charge is -2.30. The number of hydrogen-bond donors (Lipinski definition) is 1. The molecular formula is C16H20N4O4S2. The second-order valence-electron chi connectivity index (χ2n) is 5.86. The number of carbonyl (C=O) groups is 1. The highest BCUT2D eigenvalue weighted by Gasteiger charge is 2.24. The molecule has 0 bridgehead atoms. The minimum Gasteiger partial charge on any atom is -0.378 e. The largest absolute Gasteiger partial charge is 0.378 e. The SMILES string of the molecule is CN(C)S(=O)(=O)c1ccc(N2CCOCC2)c(C(=O)Nc2nccs2)c1. The zero-order valence-electron chi connectivity index (χ0n) is 14.5. The predicted octanol–water partition coefficient (Wildman–Crippen LogP) is 1.48. The van der Waals surface area contributed by atoms with E-state index in [0.717, 1.165) is 4.31 Å². The Bertz CT molecular complexity index is 876. The summed E-state index contributed by atoms with van der Waals surface area (Å²) in [5, 5.41) is 4.94. The number of hydrogen-bond acceptors (Lipinski definition) is 7. The Kier molecular flexibility index (Phi) is 5.56. The lowest BCUT2D eigenvalue weighted by Crippen LogP contribution is -2.37. The molecule has 10 heteroatoms. The van der Waals surface area contributed by atoms with Crippen molar-refractivity contribution in [3.8, 4) is 0 Å². The van der Waals surface area contributed by atoms with Crippen molar-refractivity contribution < 1.29 is 17.9 Å². The zero-order valence-corrected chi connectivity index (χ0v) is 16.1. The molecule has 1 aromatic heterocycles. The van der Waals surface area contributed by atoms with Gasteiger partial charge in [0.2, 0.25) is 10.0 Å². The molecule has 0 aliphatic carbocycles. The zero-order chi connectivity index (χ0) is 18.7. The molecule has 0 spiro atoms. The summed E-state index contributed by atoms with van der Waals surface area (Å²) < 4.78 is 31.4. The number of amides is 1. The molecule has 8 nitrogen and oxygen atoms in total. The Morgan fingerprint density at radius 2 is 2.04 bits per heavy atom. The number of nitrogens with one attached hydrogen (secondary N) is 1. The summed E-state index contributed by atoms with van der Waals surface area (Å²) >= 11 is 1.30. The molecule has 1 amide bonds. The van der Waals surface area contributed by atoms with Crippen LogP contribution < -0.4 is 10.2 Å². The van der Waals surface area contributed by atoms with Crippen molar-refractivity contribution in [2.75, 3.05) is 50.6 Å². The molecule has 1 saturated heterocycles. The van der Waals surface area contributed by atoms with Gasteiger partial charge in [-0.25, -0.2) is 17.7 Å². The van der Waals surface area contributed by atoms with Crippen molar-refractivity contribution in [2.45, 2.75) is 4.90 Å². The van der Waals surface area contributed by atoms with Crippen LogP contribution in [0.4, 0.5) is 10.8 Å². The number of benzene rings is 1. The highest BCUT2D eigenvalue weighted by Crippen LogP contribution is 2.27. The van der Waals surface area contributed by atoms with E-state index in [1.807, 2.05) is 4.90 Å². The van der Waals surface area contributed by atoms with Gasteiger partial charge in [0, 0.05) is 44.4 Å². The van der Waals surface area contributed by atoms with Gasteiger partial charge in [0.25, 0.3) is 5.91 Å². The van der Waals surface area contributed by atoms with E-state index in [1.165, 1.54) is 37.6 Å². The Morgan fingerprint density at radius 1 is 1.31 bits per heavy atom. The van der Waals surface area contributed by atoms with Crippen LogP contribution in [0, 0.1) is 0 Å². The highest BCUT2D eigenvalue weighted by atomic mass is 32.2. The fourth-order valence-corrected chi connectivity index (χ4v) is 4.05. The van der Waals surface area contributed by atoms with E-state index >= 15 is 0 Å². The van der Waals surface area contributed by atoms with E-state index in [9.17, 15) is 13.2 Å². The van der Waals surface area contributed by atoms with E-state index < -0.39 is 15.9 Å². The molecule has 26 heavy (non-hydrogen) atoms. The number of aromatic nitrogens is 1. The minimum absolute atomic E-state index is 0.0730. The van der Waals surface area contributed by atoms with Gasteiger partial charge in [-0.3, -0.25) is 10.1 Å². The van der Waals surface area contributed by atoms with Crippen molar-refractivity contribution in [3.63, 3.8) is 0 Å². The summed E-state index contributed by atoms with van der Waals surface area (Å²) in [6.45, 7) is 2.39. The van der Waals surface area contributed by atoms with Gasteiger partial charge in [-0.2, -0.15) is 0 Å². The quantitative estimate of drug-likeness (QED) is 0.823. The number of morpholine rings is 1. The fraction of sp³-hybridized carbons (Fsp3) is 0.375. The summed E-state index contributed by atoms with van der Waals surface area (Å²) in [5.74, 6) is -0.391. The number of ether oxygens (including phenoxy) is 1. The topological polar surface area (TPSA) is 91.8 Å². The fourth-order valence-electron chi connectivity index (χ4n) is 2.60. The Balaban J connectivity index is 2.02. The van der Waals surface area contributed by atoms with Gasteiger partial charge in [0.1, 0.15) is 0 Å². The van der Waals surface area contributed by atoms with Crippen LogP contribution in [0.25, 0.3) is 0 Å². The van der Waals surface area contributed by atoms with Crippen molar-refractivity contribution in [3.05, 3.63) is 35.3 Å². The molecule has 1 aromatic carbocycles. The Hall–Kier alpha value is -2.01. The summed E-state index contributed by atoms with van der Waals surface area (Å²) in [4.78, 5) is 19.0. The van der Waals surface area contributed by atoms with Crippen molar-refractivity contribution >= 4 is 38.1 Å². The molecule has 2 aromatic rings. The van der Waals surface area contributed by atoms with Gasteiger partial charge >= 0.3 is 0 Å². The van der Waals surface area contributed by atoms with Crippen LogP contribution in [-0.4, -0.2) is 64.0 Å². The Labute approximate surface area is 156 Å². The van der Waals surface area contributed by atoms with Crippen LogP contribution >= 0.6 is 11.3 Å². The normalized spacial score (nSPS) is 15.3. The lowest BCUT2D eigenvalue weighted by molar-refractivity contribution is 0.102. The third-order valence-corrected chi connectivity index (χ3v) is 6.50. The van der Waals surface area contributed by atoms with Crippen LogP contribution in [0.1, 0.15) is 10.4 Å². The first kappa shape index (κ1) is 18.8. The van der Waals surface area contributed by atoms with E-state index in [2.05, 4.69) is 10.3 Å². The van der Waals surface area contributed by atoms with E-state index in [-0.39, 0.29) is 4.90 Å². The molecule has 1 fully saturated rings. The molecule has 140 valence electrons. The molecule has 3 rings (SSSR count). The average molecular weight is 396 g/mol. The van der Waals surface area contributed by atoms with Crippen LogP contribution in [0.3, 0.4) is 0 Å². The van der Waals surface area contributed by atoms with Crippen LogP contribution in [0.15, 0.2) is 34.7 Å². The first-order valence-corrected chi connectivity index (χ1v) is 10.3. The molecule has 2 heterocycles. The van der Waals surface area contributed by atoms with Crippen molar-refractivity contribution in [2.24, 2.45) is 0 Å². The monoisotopic (exact) mass is 396 g/mol. The van der Waals surface area contributed by atoms with Gasteiger partial charge in [0.15, 0.2) is 5.13 Å². The van der Waals surface area contributed by atoms with Gasteiger partial charge in [0.05, 0.1) is 23.7 Å². The van der Waals surface area contributed by atoms with E-state index in [1.54, 1.807) is 17.6 Å². The second-order valence-corrected chi connectivity index (χ2v) is 8.90. The standard InChI is InChI=1S/C16H20N4O4S2/c1-19(2)26(22,23)12-3-4-14(20-6-8-24-9-7-20)13(11-12)15(21)18-16-17-5-10-25-16/h3-5,10-11H,6-9H2,1-2H3,(H,17,18,21). The number of nitrogens with zero attached hydrogens (tertiary/aromatic N) is 3. The number of rotatable bonds is 5. The highest BCUT2D eigenvalue weighted by molar-refractivity contribution is 7.89. The third-order valence-electron chi connectivity index (χ3n) is 4.00. The van der Waals surface area contributed by atoms with E-state index in [4.69, 9.17) is 4.74 Å². The second kappa shape index (κ2) is 7.70. The van der Waals surface area contributed by atoms with Crippen molar-refractivity contribution in [1.82, 2.24) is 9.29 Å². The third kappa shape index (κ3) is 3.88. The maximum atomic E-state index is 12.8. The molecule has 0 saturated carbocycles. The first-order valence-electron chi connectivity index (χ1n) is 7.99. The summed E-state index contributed by atoms with van der Waals surface area (Å²) in [5.41, 5.74) is 0.977. The van der Waals surface area contributed by atoms with Crippen LogP contribution in [0.5, 0.6) is 0 Å². The van der Waals surface area contributed by atoms with Crippen LogP contribution in [-0.2, 0) is 14.8 Å². The molecule has 1 aliphatic heterocycles. The van der Waals surface area contributed by atoms with Gasteiger partial charge in [-0.15, -0.1) is 11.3 Å². The lowest BCUT2D eigenvalue weighted by atomic mass is 10.1. The van der Waals surface area contributed by atoms with Gasteiger partial charge < -0.3 is 9.64 Å². The number of thiazole rings is 1. The number of sulfonamides is 1. The molecule has 0 radical (unpaired) electrons. The van der Waals surface area contributed by atoms with Crippen LogP contribution in [0.2, 0.25) is 0 Å². The molecular weight excluding hydrogens is 376 g/mol. The molecule has 0 unspecified atom stereocenters.